The number of hydrogen-bond acceptors (Lipinski definition) is 4. The van der Waals surface area contributed by atoms with Crippen LogP contribution in [-0.4, -0.2) is 49.4 Å². The molecule has 0 aliphatic rings. The largest absolute Gasteiger partial charge is 0.339 e. The third-order valence-electron chi connectivity index (χ3n) is 3.09. The lowest BCUT2D eigenvalue weighted by Crippen LogP contribution is -2.34. The summed E-state index contributed by atoms with van der Waals surface area (Å²) in [5.74, 6) is 4.57. The molecule has 0 aliphatic heterocycles. The molecule has 1 amide bonds. The number of nitrogens with one attached hydrogen (secondary N) is 1. The number of anilines is 1. The molecule has 0 fully saturated rings. The summed E-state index contributed by atoms with van der Waals surface area (Å²) < 4.78 is 13.6. The monoisotopic (exact) mass is 282 g/mol. The van der Waals surface area contributed by atoms with E-state index in [0.29, 0.717) is 13.1 Å². The van der Waals surface area contributed by atoms with E-state index in [2.05, 4.69) is 10.3 Å². The summed E-state index contributed by atoms with van der Waals surface area (Å²) >= 11 is 0. The van der Waals surface area contributed by atoms with Gasteiger partial charge in [0.15, 0.2) is 0 Å². The minimum atomic E-state index is -0.525. The Morgan fingerprint density at radius 2 is 2.05 bits per heavy atom. The first-order chi connectivity index (χ1) is 9.51. The number of hydrogen-bond donors (Lipinski definition) is 2. The number of benzene rings is 1. The molecule has 112 valence electrons. The minimum absolute atomic E-state index is 0.0450. The maximum Gasteiger partial charge on any atom is 0.256 e. The van der Waals surface area contributed by atoms with Crippen LogP contribution in [0, 0.1) is 5.82 Å². The van der Waals surface area contributed by atoms with E-state index in [4.69, 9.17) is 5.84 Å². The number of hydrazine groups is 1. The molecular weight excluding hydrogens is 259 g/mol. The standard InChI is InChI=1S/C14H23FN4O/c1-4-19(10-6-9-18(2)3)14(20)11-7-5-8-12(15)13(11)17-16/h5,7-8,17H,4,6,9-10,16H2,1-3H3. The number of halogens is 1. The summed E-state index contributed by atoms with van der Waals surface area (Å²) in [5, 5.41) is 0. The molecule has 0 aliphatic carbocycles. The predicted molar refractivity (Wildman–Crippen MR) is 79.0 cm³/mol. The van der Waals surface area contributed by atoms with Crippen molar-refractivity contribution in [3.63, 3.8) is 0 Å². The molecule has 0 saturated carbocycles. The molecule has 5 nitrogen and oxygen atoms in total. The quantitative estimate of drug-likeness (QED) is 0.588. The maximum absolute atomic E-state index is 13.6. The molecule has 6 heteroatoms. The number of amides is 1. The molecule has 1 aromatic carbocycles. The zero-order valence-corrected chi connectivity index (χ0v) is 12.3. The van der Waals surface area contributed by atoms with Crippen LogP contribution in [0.5, 0.6) is 0 Å². The fourth-order valence-electron chi connectivity index (χ4n) is 2.00. The van der Waals surface area contributed by atoms with Gasteiger partial charge in [-0.2, -0.15) is 0 Å². The lowest BCUT2D eigenvalue weighted by molar-refractivity contribution is 0.0760. The molecule has 0 saturated heterocycles. The van der Waals surface area contributed by atoms with Gasteiger partial charge >= 0.3 is 0 Å². The van der Waals surface area contributed by atoms with E-state index < -0.39 is 5.82 Å². The highest BCUT2D eigenvalue weighted by atomic mass is 19.1. The molecule has 0 aromatic heterocycles. The van der Waals surface area contributed by atoms with Crippen molar-refractivity contribution in [1.82, 2.24) is 9.80 Å². The van der Waals surface area contributed by atoms with Gasteiger partial charge in [0.05, 0.1) is 11.3 Å². The first-order valence-electron chi connectivity index (χ1n) is 6.70. The molecule has 0 spiro atoms. The third kappa shape index (κ3) is 4.18. The Morgan fingerprint density at radius 3 is 2.60 bits per heavy atom. The Balaban J connectivity index is 2.83. The van der Waals surface area contributed by atoms with Crippen LogP contribution in [-0.2, 0) is 0 Å². The van der Waals surface area contributed by atoms with E-state index in [0.717, 1.165) is 13.0 Å². The summed E-state index contributed by atoms with van der Waals surface area (Å²) in [6.45, 7) is 4.01. The minimum Gasteiger partial charge on any atom is -0.339 e. The Morgan fingerprint density at radius 1 is 1.35 bits per heavy atom. The number of rotatable bonds is 7. The Hall–Kier alpha value is -1.66. The SMILES string of the molecule is CCN(CCCN(C)C)C(=O)c1cccc(F)c1NN. The van der Waals surface area contributed by atoms with Gasteiger partial charge in [0, 0.05) is 13.1 Å². The Bertz CT molecular complexity index is 451. The van der Waals surface area contributed by atoms with Gasteiger partial charge in [-0.1, -0.05) is 6.07 Å². The molecule has 0 radical (unpaired) electrons. The van der Waals surface area contributed by atoms with E-state index in [9.17, 15) is 9.18 Å². The smallest absolute Gasteiger partial charge is 0.256 e. The second-order valence-corrected chi connectivity index (χ2v) is 4.85. The second kappa shape index (κ2) is 7.81. The van der Waals surface area contributed by atoms with Crippen molar-refractivity contribution in [3.8, 4) is 0 Å². The number of carbonyl (C=O) groups is 1. The molecule has 0 unspecified atom stereocenters. The van der Waals surface area contributed by atoms with Crippen molar-refractivity contribution in [1.29, 1.82) is 0 Å². The zero-order valence-electron chi connectivity index (χ0n) is 12.3. The van der Waals surface area contributed by atoms with Gasteiger partial charge in [0.25, 0.3) is 5.91 Å². The van der Waals surface area contributed by atoms with E-state index in [1.165, 1.54) is 12.1 Å². The average Bonchev–Trinajstić information content (AvgIpc) is 2.42. The normalized spacial score (nSPS) is 10.7. The van der Waals surface area contributed by atoms with E-state index in [1.54, 1.807) is 11.0 Å². The number of nitrogen functional groups attached to an aromatic ring is 1. The molecule has 0 bridgehead atoms. The highest BCUT2D eigenvalue weighted by molar-refractivity contribution is 5.99. The molecule has 1 aromatic rings. The average molecular weight is 282 g/mol. The lowest BCUT2D eigenvalue weighted by atomic mass is 10.1. The van der Waals surface area contributed by atoms with Crippen LogP contribution in [0.15, 0.2) is 18.2 Å². The fraction of sp³-hybridized carbons (Fsp3) is 0.500. The van der Waals surface area contributed by atoms with Crippen molar-refractivity contribution in [2.75, 3.05) is 39.2 Å². The summed E-state index contributed by atoms with van der Waals surface area (Å²) in [7, 11) is 3.97. The van der Waals surface area contributed by atoms with Gasteiger partial charge in [-0.3, -0.25) is 10.6 Å². The van der Waals surface area contributed by atoms with Crippen LogP contribution < -0.4 is 11.3 Å². The summed E-state index contributed by atoms with van der Waals surface area (Å²) in [4.78, 5) is 16.2. The van der Waals surface area contributed by atoms with Crippen LogP contribution >= 0.6 is 0 Å². The lowest BCUT2D eigenvalue weighted by Gasteiger charge is -2.23. The van der Waals surface area contributed by atoms with Crippen LogP contribution in [0.2, 0.25) is 0 Å². The summed E-state index contributed by atoms with van der Waals surface area (Å²) in [6, 6.07) is 4.36. The van der Waals surface area contributed by atoms with Crippen molar-refractivity contribution in [3.05, 3.63) is 29.6 Å². The Labute approximate surface area is 119 Å². The van der Waals surface area contributed by atoms with Crippen LogP contribution in [0.3, 0.4) is 0 Å². The van der Waals surface area contributed by atoms with Crippen LogP contribution in [0.25, 0.3) is 0 Å². The van der Waals surface area contributed by atoms with Crippen molar-refractivity contribution in [2.45, 2.75) is 13.3 Å². The number of carbonyl (C=O) groups excluding carboxylic acids is 1. The molecule has 0 atom stereocenters. The second-order valence-electron chi connectivity index (χ2n) is 4.85. The van der Waals surface area contributed by atoms with Crippen LogP contribution in [0.1, 0.15) is 23.7 Å². The van der Waals surface area contributed by atoms with Crippen molar-refractivity contribution < 1.29 is 9.18 Å². The van der Waals surface area contributed by atoms with Crippen LogP contribution in [0.4, 0.5) is 10.1 Å². The zero-order chi connectivity index (χ0) is 15.1. The molecule has 0 heterocycles. The molecule has 1 rings (SSSR count). The van der Waals surface area contributed by atoms with E-state index in [-0.39, 0.29) is 17.2 Å². The number of nitrogens with zero attached hydrogens (tertiary/aromatic N) is 2. The predicted octanol–water partition coefficient (Wildman–Crippen LogP) is 1.53. The highest BCUT2D eigenvalue weighted by Crippen LogP contribution is 2.20. The molecular formula is C14H23FN4O. The van der Waals surface area contributed by atoms with E-state index >= 15 is 0 Å². The first-order valence-corrected chi connectivity index (χ1v) is 6.70. The first kappa shape index (κ1) is 16.4. The van der Waals surface area contributed by atoms with Gasteiger partial charge in [-0.25, -0.2) is 4.39 Å². The van der Waals surface area contributed by atoms with E-state index in [1.807, 2.05) is 21.0 Å². The topological polar surface area (TPSA) is 61.6 Å². The van der Waals surface area contributed by atoms with Gasteiger partial charge in [-0.05, 0) is 46.1 Å². The molecule has 20 heavy (non-hydrogen) atoms. The van der Waals surface area contributed by atoms with Crippen molar-refractivity contribution in [2.24, 2.45) is 5.84 Å². The molecule has 3 N–H and O–H groups in total. The van der Waals surface area contributed by atoms with Gasteiger partial charge in [-0.15, -0.1) is 0 Å². The van der Waals surface area contributed by atoms with Gasteiger partial charge in [0.2, 0.25) is 0 Å². The van der Waals surface area contributed by atoms with Gasteiger partial charge in [0.1, 0.15) is 5.82 Å². The van der Waals surface area contributed by atoms with Crippen molar-refractivity contribution >= 4 is 11.6 Å². The summed E-state index contributed by atoms with van der Waals surface area (Å²) in [5.41, 5.74) is 2.58. The Kier molecular flexibility index (Phi) is 6.41. The third-order valence-corrected chi connectivity index (χ3v) is 3.09. The maximum atomic E-state index is 13.6. The highest BCUT2D eigenvalue weighted by Gasteiger charge is 2.19. The van der Waals surface area contributed by atoms with Gasteiger partial charge < -0.3 is 15.2 Å². The summed E-state index contributed by atoms with van der Waals surface area (Å²) in [6.07, 6.45) is 0.868. The number of para-hydroxylation sites is 1. The number of nitrogens with two attached hydrogens (primary N) is 1. The fourth-order valence-corrected chi connectivity index (χ4v) is 2.00.